The third-order valence-corrected chi connectivity index (χ3v) is 4.40. The number of nitrogens with zero attached hydrogens (tertiary/aromatic N) is 1. The van der Waals surface area contributed by atoms with Crippen molar-refractivity contribution in [2.75, 3.05) is 32.8 Å². The Labute approximate surface area is 130 Å². The summed E-state index contributed by atoms with van der Waals surface area (Å²) < 4.78 is 5.26. The van der Waals surface area contributed by atoms with Crippen LogP contribution in [0.3, 0.4) is 0 Å². The van der Waals surface area contributed by atoms with Gasteiger partial charge in [-0.15, -0.1) is 0 Å². The minimum atomic E-state index is -0.562. The van der Waals surface area contributed by atoms with Crippen LogP contribution in [0.4, 0.5) is 0 Å². The summed E-state index contributed by atoms with van der Waals surface area (Å²) in [5.74, 6) is -0.116. The molecule has 1 aliphatic rings. The largest absolute Gasteiger partial charge is 0.465 e. The molecular formula is C17H34N2O2. The maximum absolute atomic E-state index is 12.3. The molecule has 1 saturated heterocycles. The van der Waals surface area contributed by atoms with Gasteiger partial charge in [0, 0.05) is 13.1 Å². The molecule has 21 heavy (non-hydrogen) atoms. The maximum atomic E-state index is 12.3. The van der Waals surface area contributed by atoms with Crippen molar-refractivity contribution in [3.05, 3.63) is 0 Å². The number of carbonyl (C=O) groups is 1. The second-order valence-electron chi connectivity index (χ2n) is 7.27. The number of likely N-dealkylation sites (tertiary alicyclic amines) is 1. The van der Waals surface area contributed by atoms with Crippen LogP contribution in [0.5, 0.6) is 0 Å². The predicted molar refractivity (Wildman–Crippen MR) is 87.4 cm³/mol. The first-order valence-electron chi connectivity index (χ1n) is 8.47. The summed E-state index contributed by atoms with van der Waals surface area (Å²) in [5.41, 5.74) is -0.164. The van der Waals surface area contributed by atoms with E-state index in [0.717, 1.165) is 39.0 Å². The first kappa shape index (κ1) is 18.4. The van der Waals surface area contributed by atoms with Gasteiger partial charge in [-0.25, -0.2) is 0 Å². The number of esters is 1. The van der Waals surface area contributed by atoms with Gasteiger partial charge in [-0.3, -0.25) is 4.79 Å². The Morgan fingerprint density at radius 3 is 2.67 bits per heavy atom. The molecule has 1 atom stereocenters. The smallest absolute Gasteiger partial charge is 0.326 e. The van der Waals surface area contributed by atoms with Crippen LogP contribution in [0.15, 0.2) is 0 Å². The van der Waals surface area contributed by atoms with Crippen LogP contribution in [0.1, 0.15) is 60.3 Å². The Kier molecular flexibility index (Phi) is 7.14. The van der Waals surface area contributed by atoms with E-state index in [1.54, 1.807) is 0 Å². The molecule has 1 rings (SSSR count). The average molecular weight is 298 g/mol. The first-order chi connectivity index (χ1) is 9.83. The Bertz CT molecular complexity index is 331. The van der Waals surface area contributed by atoms with Gasteiger partial charge in [0.05, 0.1) is 6.61 Å². The summed E-state index contributed by atoms with van der Waals surface area (Å²) in [6.07, 6.45) is 4.38. The SMILES string of the molecule is CCCNC(C)(CCN1CCCC(C)(C)C1)C(=O)OCC. The van der Waals surface area contributed by atoms with E-state index in [0.29, 0.717) is 12.0 Å². The van der Waals surface area contributed by atoms with E-state index in [4.69, 9.17) is 4.74 Å². The number of hydrogen-bond donors (Lipinski definition) is 1. The highest BCUT2D eigenvalue weighted by molar-refractivity contribution is 5.80. The van der Waals surface area contributed by atoms with E-state index in [-0.39, 0.29) is 5.97 Å². The van der Waals surface area contributed by atoms with Crippen molar-refractivity contribution in [2.45, 2.75) is 65.8 Å². The summed E-state index contributed by atoms with van der Waals surface area (Å²) in [6.45, 7) is 15.1. The lowest BCUT2D eigenvalue weighted by atomic mass is 9.84. The lowest BCUT2D eigenvalue weighted by Crippen LogP contribution is -2.53. The van der Waals surface area contributed by atoms with Crippen LogP contribution < -0.4 is 5.32 Å². The van der Waals surface area contributed by atoms with Crippen LogP contribution >= 0.6 is 0 Å². The molecule has 0 bridgehead atoms. The monoisotopic (exact) mass is 298 g/mol. The Hall–Kier alpha value is -0.610. The molecule has 0 aromatic rings. The van der Waals surface area contributed by atoms with Crippen LogP contribution in [-0.4, -0.2) is 49.2 Å². The average Bonchev–Trinajstić information content (AvgIpc) is 2.42. The number of rotatable bonds is 8. The molecule has 0 amide bonds. The van der Waals surface area contributed by atoms with Crippen molar-refractivity contribution in [3.63, 3.8) is 0 Å². The molecule has 1 unspecified atom stereocenters. The van der Waals surface area contributed by atoms with Crippen molar-refractivity contribution in [1.82, 2.24) is 10.2 Å². The highest BCUT2D eigenvalue weighted by Crippen LogP contribution is 2.29. The molecule has 0 aromatic carbocycles. The van der Waals surface area contributed by atoms with Crippen molar-refractivity contribution in [2.24, 2.45) is 5.41 Å². The number of hydrogen-bond acceptors (Lipinski definition) is 4. The van der Waals surface area contributed by atoms with Crippen LogP contribution in [0.25, 0.3) is 0 Å². The fourth-order valence-corrected chi connectivity index (χ4v) is 3.07. The van der Waals surface area contributed by atoms with Gasteiger partial charge in [-0.2, -0.15) is 0 Å². The predicted octanol–water partition coefficient (Wildman–Crippen LogP) is 2.82. The highest BCUT2D eigenvalue weighted by Gasteiger charge is 2.35. The normalized spacial score (nSPS) is 21.8. The lowest BCUT2D eigenvalue weighted by molar-refractivity contribution is -0.151. The molecule has 1 fully saturated rings. The number of piperidine rings is 1. The minimum absolute atomic E-state index is 0.116. The number of ether oxygens (including phenoxy) is 1. The van der Waals surface area contributed by atoms with Gasteiger partial charge in [-0.1, -0.05) is 20.8 Å². The minimum Gasteiger partial charge on any atom is -0.465 e. The van der Waals surface area contributed by atoms with Gasteiger partial charge >= 0.3 is 5.97 Å². The van der Waals surface area contributed by atoms with Gasteiger partial charge < -0.3 is 15.0 Å². The zero-order chi connectivity index (χ0) is 15.9. The van der Waals surface area contributed by atoms with Crippen molar-refractivity contribution in [3.8, 4) is 0 Å². The second-order valence-corrected chi connectivity index (χ2v) is 7.27. The van der Waals surface area contributed by atoms with Crippen LogP contribution in [0.2, 0.25) is 0 Å². The van der Waals surface area contributed by atoms with Gasteiger partial charge in [0.1, 0.15) is 5.54 Å². The summed E-state index contributed by atoms with van der Waals surface area (Å²) in [4.78, 5) is 14.8. The van der Waals surface area contributed by atoms with E-state index in [2.05, 4.69) is 31.0 Å². The maximum Gasteiger partial charge on any atom is 0.326 e. The van der Waals surface area contributed by atoms with Crippen LogP contribution in [0, 0.1) is 5.41 Å². The van der Waals surface area contributed by atoms with Gasteiger partial charge in [0.2, 0.25) is 0 Å². The molecule has 0 saturated carbocycles. The molecule has 0 aliphatic carbocycles. The fraction of sp³-hybridized carbons (Fsp3) is 0.941. The zero-order valence-corrected chi connectivity index (χ0v) is 14.6. The van der Waals surface area contributed by atoms with E-state index in [1.165, 1.54) is 12.8 Å². The van der Waals surface area contributed by atoms with Gasteiger partial charge in [0.25, 0.3) is 0 Å². The summed E-state index contributed by atoms with van der Waals surface area (Å²) >= 11 is 0. The van der Waals surface area contributed by atoms with E-state index in [9.17, 15) is 4.79 Å². The van der Waals surface area contributed by atoms with Gasteiger partial charge in [-0.05, 0) is 58.0 Å². The van der Waals surface area contributed by atoms with Crippen molar-refractivity contribution >= 4 is 5.97 Å². The quantitative estimate of drug-likeness (QED) is 0.700. The Morgan fingerprint density at radius 2 is 2.10 bits per heavy atom. The van der Waals surface area contributed by atoms with Crippen molar-refractivity contribution < 1.29 is 9.53 Å². The standard InChI is InChI=1S/C17H34N2O2/c1-6-11-18-17(5,15(20)21-7-2)10-13-19-12-8-9-16(3,4)14-19/h18H,6-14H2,1-5H3. The van der Waals surface area contributed by atoms with E-state index in [1.807, 2.05) is 13.8 Å². The lowest BCUT2D eigenvalue weighted by Gasteiger charge is -2.39. The number of carbonyl (C=O) groups excluding carboxylic acids is 1. The molecule has 4 heteroatoms. The topological polar surface area (TPSA) is 41.6 Å². The Balaban J connectivity index is 2.58. The highest BCUT2D eigenvalue weighted by atomic mass is 16.5. The molecular weight excluding hydrogens is 264 g/mol. The molecule has 124 valence electrons. The van der Waals surface area contributed by atoms with Crippen molar-refractivity contribution in [1.29, 1.82) is 0 Å². The fourth-order valence-electron chi connectivity index (χ4n) is 3.07. The summed E-state index contributed by atoms with van der Waals surface area (Å²) in [7, 11) is 0. The van der Waals surface area contributed by atoms with E-state index >= 15 is 0 Å². The zero-order valence-electron chi connectivity index (χ0n) is 14.6. The molecule has 1 N–H and O–H groups in total. The molecule has 4 nitrogen and oxygen atoms in total. The first-order valence-corrected chi connectivity index (χ1v) is 8.47. The third-order valence-electron chi connectivity index (χ3n) is 4.40. The summed E-state index contributed by atoms with van der Waals surface area (Å²) in [6, 6.07) is 0. The summed E-state index contributed by atoms with van der Waals surface area (Å²) in [5, 5.41) is 3.39. The second kappa shape index (κ2) is 8.14. The Morgan fingerprint density at radius 1 is 1.38 bits per heavy atom. The molecule has 0 aromatic heterocycles. The molecule has 0 spiro atoms. The third kappa shape index (κ3) is 5.95. The van der Waals surface area contributed by atoms with Crippen LogP contribution in [-0.2, 0) is 9.53 Å². The van der Waals surface area contributed by atoms with Gasteiger partial charge in [0.15, 0.2) is 0 Å². The number of nitrogens with one attached hydrogen (secondary N) is 1. The molecule has 0 radical (unpaired) electrons. The molecule has 1 aliphatic heterocycles. The van der Waals surface area contributed by atoms with E-state index < -0.39 is 5.54 Å². The molecule has 1 heterocycles.